The summed E-state index contributed by atoms with van der Waals surface area (Å²) in [6, 6.07) is 0. The molecule has 0 fully saturated rings. The number of carboxylic acids is 1. The molecule has 1 unspecified atom stereocenters. The summed E-state index contributed by atoms with van der Waals surface area (Å²) < 4.78 is 0. The zero-order chi connectivity index (χ0) is 10.1. The molecule has 0 aromatic heterocycles. The minimum absolute atomic E-state index is 0.0324. The number of Topliss-reactive ketones (excluding diaryl/α,β-unsaturated/α-hetero) is 1. The van der Waals surface area contributed by atoms with Gasteiger partial charge in [0.1, 0.15) is 5.78 Å². The number of hydrogen-bond donors (Lipinski definition) is 1. The average molecular weight is 174 g/mol. The maximum absolute atomic E-state index is 10.4. The summed E-state index contributed by atoms with van der Waals surface area (Å²) in [7, 11) is 0. The molecule has 0 saturated heterocycles. The van der Waals surface area contributed by atoms with Gasteiger partial charge in [-0.25, -0.2) is 0 Å². The molecule has 12 heavy (non-hydrogen) atoms. The van der Waals surface area contributed by atoms with Crippen molar-refractivity contribution >= 4 is 11.8 Å². The standard InChI is InChI=1S/C7H12O3.C2H6/c1-5(3-6(2)8)4-7(9)10;1-2/h5H,3-4H2,1-2H3,(H,9,10);1-2H3. The lowest BCUT2D eigenvalue weighted by Gasteiger charge is -2.03. The lowest BCUT2D eigenvalue weighted by Crippen LogP contribution is -2.07. The monoisotopic (exact) mass is 174 g/mol. The van der Waals surface area contributed by atoms with E-state index >= 15 is 0 Å². The highest BCUT2D eigenvalue weighted by Crippen LogP contribution is 2.06. The number of rotatable bonds is 4. The van der Waals surface area contributed by atoms with E-state index in [1.807, 2.05) is 13.8 Å². The molecule has 0 rings (SSSR count). The summed E-state index contributed by atoms with van der Waals surface area (Å²) in [5.74, 6) is -0.822. The van der Waals surface area contributed by atoms with E-state index in [4.69, 9.17) is 5.11 Å². The second-order valence-electron chi connectivity index (χ2n) is 2.61. The number of carbonyl (C=O) groups excluding carboxylic acids is 1. The highest BCUT2D eigenvalue weighted by atomic mass is 16.4. The van der Waals surface area contributed by atoms with E-state index in [0.717, 1.165) is 0 Å². The summed E-state index contributed by atoms with van der Waals surface area (Å²) in [4.78, 5) is 20.5. The maximum Gasteiger partial charge on any atom is 0.303 e. The summed E-state index contributed by atoms with van der Waals surface area (Å²) in [5.41, 5.74) is 0. The van der Waals surface area contributed by atoms with Gasteiger partial charge in [0, 0.05) is 12.8 Å². The third-order valence-electron chi connectivity index (χ3n) is 1.16. The van der Waals surface area contributed by atoms with Crippen molar-refractivity contribution in [1.29, 1.82) is 0 Å². The van der Waals surface area contributed by atoms with Gasteiger partial charge >= 0.3 is 5.97 Å². The first-order valence-electron chi connectivity index (χ1n) is 4.23. The molecule has 0 aliphatic heterocycles. The molecule has 0 radical (unpaired) electrons. The van der Waals surface area contributed by atoms with Crippen LogP contribution in [0.4, 0.5) is 0 Å². The first kappa shape index (κ1) is 13.7. The van der Waals surface area contributed by atoms with E-state index in [-0.39, 0.29) is 18.1 Å². The third kappa shape index (κ3) is 11.9. The molecule has 0 spiro atoms. The van der Waals surface area contributed by atoms with Crippen LogP contribution in [0.25, 0.3) is 0 Å². The lowest BCUT2D eigenvalue weighted by molar-refractivity contribution is -0.138. The van der Waals surface area contributed by atoms with Gasteiger partial charge < -0.3 is 9.90 Å². The summed E-state index contributed by atoms with van der Waals surface area (Å²) in [5, 5.41) is 8.29. The van der Waals surface area contributed by atoms with E-state index < -0.39 is 5.97 Å². The molecule has 1 atom stereocenters. The van der Waals surface area contributed by atoms with Gasteiger partial charge in [0.2, 0.25) is 0 Å². The number of hydrogen-bond acceptors (Lipinski definition) is 2. The Morgan fingerprint density at radius 2 is 1.67 bits per heavy atom. The van der Waals surface area contributed by atoms with Crippen LogP contribution in [0.1, 0.15) is 40.5 Å². The molecule has 3 heteroatoms. The number of aliphatic carboxylic acids is 1. The van der Waals surface area contributed by atoms with E-state index in [1.54, 1.807) is 6.92 Å². The molecule has 3 nitrogen and oxygen atoms in total. The van der Waals surface area contributed by atoms with Gasteiger partial charge in [-0.3, -0.25) is 4.79 Å². The lowest BCUT2D eigenvalue weighted by atomic mass is 10.0. The zero-order valence-corrected chi connectivity index (χ0v) is 8.26. The molecule has 0 amide bonds. The van der Waals surface area contributed by atoms with Crippen LogP contribution in [0.5, 0.6) is 0 Å². The van der Waals surface area contributed by atoms with E-state index in [0.29, 0.717) is 6.42 Å². The minimum atomic E-state index is -0.839. The fourth-order valence-corrected chi connectivity index (χ4v) is 0.861. The Morgan fingerprint density at radius 3 is 1.92 bits per heavy atom. The van der Waals surface area contributed by atoms with Crippen LogP contribution >= 0.6 is 0 Å². The topological polar surface area (TPSA) is 54.4 Å². The van der Waals surface area contributed by atoms with Crippen LogP contribution in [0, 0.1) is 5.92 Å². The van der Waals surface area contributed by atoms with Gasteiger partial charge in [0.15, 0.2) is 0 Å². The fraction of sp³-hybridized carbons (Fsp3) is 0.778. The molecule has 0 aromatic carbocycles. The van der Waals surface area contributed by atoms with Crippen LogP contribution in [-0.2, 0) is 9.59 Å². The largest absolute Gasteiger partial charge is 0.481 e. The van der Waals surface area contributed by atoms with Crippen molar-refractivity contribution in [2.75, 3.05) is 0 Å². The molecule has 0 aliphatic rings. The van der Waals surface area contributed by atoms with Crippen molar-refractivity contribution in [3.63, 3.8) is 0 Å². The van der Waals surface area contributed by atoms with Crippen LogP contribution in [0.3, 0.4) is 0 Å². The highest BCUT2D eigenvalue weighted by Gasteiger charge is 2.08. The van der Waals surface area contributed by atoms with Gasteiger partial charge in [0.25, 0.3) is 0 Å². The molecule has 72 valence electrons. The predicted octanol–water partition coefficient (Wildman–Crippen LogP) is 2.10. The second-order valence-corrected chi connectivity index (χ2v) is 2.61. The van der Waals surface area contributed by atoms with Crippen LogP contribution in [0.2, 0.25) is 0 Å². The summed E-state index contributed by atoms with van der Waals surface area (Å²) >= 11 is 0. The molecule has 0 saturated carbocycles. The Balaban J connectivity index is 0. The van der Waals surface area contributed by atoms with Crippen LogP contribution < -0.4 is 0 Å². The first-order chi connectivity index (χ1) is 5.52. The van der Waals surface area contributed by atoms with Gasteiger partial charge in [-0.2, -0.15) is 0 Å². The van der Waals surface area contributed by atoms with Crippen LogP contribution in [-0.4, -0.2) is 16.9 Å². The number of ketones is 1. The Labute approximate surface area is 73.8 Å². The quantitative estimate of drug-likeness (QED) is 0.710. The smallest absolute Gasteiger partial charge is 0.303 e. The molecular weight excluding hydrogens is 156 g/mol. The van der Waals surface area contributed by atoms with E-state index in [1.165, 1.54) is 6.92 Å². The van der Waals surface area contributed by atoms with Gasteiger partial charge in [-0.15, -0.1) is 0 Å². The van der Waals surface area contributed by atoms with Gasteiger partial charge in [-0.05, 0) is 12.8 Å². The Hall–Kier alpha value is -0.860. The fourth-order valence-electron chi connectivity index (χ4n) is 0.861. The third-order valence-corrected chi connectivity index (χ3v) is 1.16. The maximum atomic E-state index is 10.4. The normalized spacial score (nSPS) is 11.0. The zero-order valence-electron chi connectivity index (χ0n) is 8.26. The molecule has 0 bridgehead atoms. The van der Waals surface area contributed by atoms with Gasteiger partial charge in [-0.1, -0.05) is 20.8 Å². The Kier molecular flexibility index (Phi) is 9.41. The second kappa shape index (κ2) is 8.24. The van der Waals surface area contributed by atoms with Crippen molar-refractivity contribution < 1.29 is 14.7 Å². The number of carboxylic acid groups (broad SMARTS) is 1. The Bertz CT molecular complexity index is 125. The average Bonchev–Trinajstić information content (AvgIpc) is 1.87. The molecular formula is C9H18O3. The van der Waals surface area contributed by atoms with E-state index in [9.17, 15) is 9.59 Å². The predicted molar refractivity (Wildman–Crippen MR) is 48.1 cm³/mol. The van der Waals surface area contributed by atoms with Crippen molar-refractivity contribution in [1.82, 2.24) is 0 Å². The molecule has 0 aromatic rings. The number of carbonyl (C=O) groups is 2. The van der Waals surface area contributed by atoms with Crippen molar-refractivity contribution in [3.8, 4) is 0 Å². The minimum Gasteiger partial charge on any atom is -0.481 e. The highest BCUT2D eigenvalue weighted by molar-refractivity contribution is 5.76. The Morgan fingerprint density at radius 1 is 1.25 bits per heavy atom. The van der Waals surface area contributed by atoms with Crippen molar-refractivity contribution in [2.45, 2.75) is 40.5 Å². The summed E-state index contributed by atoms with van der Waals surface area (Å²) in [6.45, 7) is 7.23. The van der Waals surface area contributed by atoms with E-state index in [2.05, 4.69) is 0 Å². The first-order valence-corrected chi connectivity index (χ1v) is 4.23. The van der Waals surface area contributed by atoms with Crippen molar-refractivity contribution in [3.05, 3.63) is 0 Å². The molecule has 0 heterocycles. The molecule has 1 N–H and O–H groups in total. The summed E-state index contributed by atoms with van der Waals surface area (Å²) in [6.07, 6.45) is 0.450. The van der Waals surface area contributed by atoms with Crippen molar-refractivity contribution in [2.24, 2.45) is 5.92 Å². The molecule has 0 aliphatic carbocycles. The SMILES string of the molecule is CC.CC(=O)CC(C)CC(=O)O. The van der Waals surface area contributed by atoms with Crippen LogP contribution in [0.15, 0.2) is 0 Å². The van der Waals surface area contributed by atoms with Gasteiger partial charge in [0.05, 0.1) is 0 Å².